The number of nitrogens with zero attached hydrogens (tertiary/aromatic N) is 4. The number of carbonyl (C=O) groups excluding carboxylic acids is 1. The number of benzene rings is 1. The first-order chi connectivity index (χ1) is 11.5. The number of methoxy groups -OCH3 is 1. The van der Waals surface area contributed by atoms with Crippen LogP contribution in [-0.2, 0) is 16.6 Å². The Balaban J connectivity index is 2.20. The Labute approximate surface area is 147 Å². The number of rotatable bonds is 7. The van der Waals surface area contributed by atoms with Gasteiger partial charge in [-0.25, -0.2) is 0 Å². The molecule has 0 bridgehead atoms. The number of anilines is 1. The number of thioether (sulfide) groups is 1. The van der Waals surface area contributed by atoms with Gasteiger partial charge < -0.3 is 14.2 Å². The van der Waals surface area contributed by atoms with Crippen molar-refractivity contribution >= 4 is 23.4 Å². The normalized spacial score (nSPS) is 12.0. The molecule has 0 spiro atoms. The zero-order chi connectivity index (χ0) is 17.7. The lowest BCUT2D eigenvalue weighted by Gasteiger charge is -2.21. The van der Waals surface area contributed by atoms with Crippen LogP contribution in [0.2, 0.25) is 0 Å². The Morgan fingerprint density at radius 3 is 2.42 bits per heavy atom. The maximum atomic E-state index is 11.6. The maximum absolute atomic E-state index is 11.6. The van der Waals surface area contributed by atoms with Gasteiger partial charge in [0.1, 0.15) is 5.25 Å². The molecule has 24 heavy (non-hydrogen) atoms. The lowest BCUT2D eigenvalue weighted by atomic mass is 10.2. The van der Waals surface area contributed by atoms with Gasteiger partial charge in [-0.3, -0.25) is 4.79 Å². The second kappa shape index (κ2) is 8.19. The summed E-state index contributed by atoms with van der Waals surface area (Å²) >= 11 is 1.34. The third kappa shape index (κ3) is 3.90. The van der Waals surface area contributed by atoms with Gasteiger partial charge in [0.25, 0.3) is 0 Å². The Hall–Kier alpha value is -2.02. The smallest absolute Gasteiger partial charge is 0.318 e. The molecule has 7 heteroatoms. The third-order valence-corrected chi connectivity index (χ3v) is 5.02. The molecular formula is C17H24N4O2S. The lowest BCUT2D eigenvalue weighted by Crippen LogP contribution is -2.21. The predicted octanol–water partition coefficient (Wildman–Crippen LogP) is 2.98. The number of hydrogen-bond acceptors (Lipinski definition) is 6. The van der Waals surface area contributed by atoms with E-state index in [4.69, 9.17) is 4.74 Å². The second-order valence-corrected chi connectivity index (χ2v) is 6.68. The van der Waals surface area contributed by atoms with Gasteiger partial charge in [0.2, 0.25) is 0 Å². The molecule has 1 aromatic carbocycles. The molecule has 0 saturated carbocycles. The van der Waals surface area contributed by atoms with Crippen molar-refractivity contribution in [3.8, 4) is 11.4 Å². The number of ether oxygens (including phenoxy) is 1. The molecule has 0 aliphatic heterocycles. The molecule has 0 saturated heterocycles. The first-order valence-electron chi connectivity index (χ1n) is 8.01. The predicted molar refractivity (Wildman–Crippen MR) is 97.3 cm³/mol. The standard InChI is InChI=1S/C17H24N4O2S/c1-6-21(7-2)14-10-8-13(9-11-14)15-18-19-17(20(15)4)24-12(3)16(22)23-5/h8-12H,6-7H2,1-5H3/t12-/m1/s1. The van der Waals surface area contributed by atoms with Crippen molar-refractivity contribution in [1.82, 2.24) is 14.8 Å². The Kier molecular flexibility index (Phi) is 6.25. The van der Waals surface area contributed by atoms with Crippen molar-refractivity contribution in [2.24, 2.45) is 7.05 Å². The van der Waals surface area contributed by atoms with E-state index in [-0.39, 0.29) is 11.2 Å². The topological polar surface area (TPSA) is 60.3 Å². The van der Waals surface area contributed by atoms with Crippen LogP contribution in [0.5, 0.6) is 0 Å². The van der Waals surface area contributed by atoms with Crippen LogP contribution in [0.1, 0.15) is 20.8 Å². The van der Waals surface area contributed by atoms with Gasteiger partial charge in [-0.15, -0.1) is 10.2 Å². The van der Waals surface area contributed by atoms with E-state index >= 15 is 0 Å². The summed E-state index contributed by atoms with van der Waals surface area (Å²) in [7, 11) is 3.29. The van der Waals surface area contributed by atoms with Gasteiger partial charge >= 0.3 is 5.97 Å². The summed E-state index contributed by atoms with van der Waals surface area (Å²) in [5.74, 6) is 0.508. The number of hydrogen-bond donors (Lipinski definition) is 0. The largest absolute Gasteiger partial charge is 0.468 e. The maximum Gasteiger partial charge on any atom is 0.318 e. The van der Waals surface area contributed by atoms with Crippen LogP contribution in [0.25, 0.3) is 11.4 Å². The van der Waals surface area contributed by atoms with Crippen LogP contribution in [-0.4, -0.2) is 46.2 Å². The van der Waals surface area contributed by atoms with Crippen molar-refractivity contribution in [2.75, 3.05) is 25.1 Å². The van der Waals surface area contributed by atoms with Crippen molar-refractivity contribution in [3.63, 3.8) is 0 Å². The average Bonchev–Trinajstić information content (AvgIpc) is 2.96. The Morgan fingerprint density at radius 2 is 1.88 bits per heavy atom. The first kappa shape index (κ1) is 18.3. The average molecular weight is 348 g/mol. The summed E-state index contributed by atoms with van der Waals surface area (Å²) < 4.78 is 6.65. The molecule has 0 fully saturated rings. The monoisotopic (exact) mass is 348 g/mol. The highest BCUT2D eigenvalue weighted by atomic mass is 32.2. The lowest BCUT2D eigenvalue weighted by molar-refractivity contribution is -0.139. The van der Waals surface area contributed by atoms with Gasteiger partial charge in [0, 0.05) is 31.4 Å². The van der Waals surface area contributed by atoms with Crippen LogP contribution < -0.4 is 4.90 Å². The summed E-state index contributed by atoms with van der Waals surface area (Å²) in [4.78, 5) is 13.8. The van der Waals surface area contributed by atoms with Crippen molar-refractivity contribution in [2.45, 2.75) is 31.2 Å². The van der Waals surface area contributed by atoms with Gasteiger partial charge in [-0.2, -0.15) is 0 Å². The van der Waals surface area contributed by atoms with Crippen LogP contribution in [0.3, 0.4) is 0 Å². The van der Waals surface area contributed by atoms with Gasteiger partial charge in [-0.05, 0) is 45.0 Å². The summed E-state index contributed by atoms with van der Waals surface area (Å²) in [6.07, 6.45) is 0. The molecule has 2 rings (SSSR count). The Bertz CT molecular complexity index is 680. The van der Waals surface area contributed by atoms with Gasteiger partial charge in [0.15, 0.2) is 11.0 Å². The van der Waals surface area contributed by atoms with E-state index in [9.17, 15) is 4.79 Å². The molecule has 130 valence electrons. The molecule has 0 aliphatic carbocycles. The molecule has 0 aliphatic rings. The van der Waals surface area contributed by atoms with Crippen molar-refractivity contribution in [1.29, 1.82) is 0 Å². The van der Waals surface area contributed by atoms with Crippen LogP contribution >= 0.6 is 11.8 Å². The Morgan fingerprint density at radius 1 is 1.25 bits per heavy atom. The molecule has 1 heterocycles. The molecule has 1 aromatic heterocycles. The summed E-state index contributed by atoms with van der Waals surface area (Å²) in [5.41, 5.74) is 2.19. The zero-order valence-corrected chi connectivity index (χ0v) is 15.6. The molecule has 1 atom stereocenters. The van der Waals surface area contributed by atoms with Gasteiger partial charge in [-0.1, -0.05) is 11.8 Å². The minimum Gasteiger partial charge on any atom is -0.468 e. The zero-order valence-electron chi connectivity index (χ0n) is 14.8. The fourth-order valence-electron chi connectivity index (χ4n) is 2.45. The first-order valence-corrected chi connectivity index (χ1v) is 8.89. The van der Waals surface area contributed by atoms with E-state index in [0.29, 0.717) is 5.16 Å². The van der Waals surface area contributed by atoms with E-state index in [1.807, 2.05) is 11.6 Å². The molecule has 0 unspecified atom stereocenters. The van der Waals surface area contributed by atoms with Crippen molar-refractivity contribution in [3.05, 3.63) is 24.3 Å². The highest BCUT2D eigenvalue weighted by Gasteiger charge is 2.19. The minimum atomic E-state index is -0.323. The van der Waals surface area contributed by atoms with E-state index in [0.717, 1.165) is 24.5 Å². The van der Waals surface area contributed by atoms with E-state index < -0.39 is 0 Å². The summed E-state index contributed by atoms with van der Waals surface area (Å²) in [6.45, 7) is 8.04. The van der Waals surface area contributed by atoms with Gasteiger partial charge in [0.05, 0.1) is 7.11 Å². The number of esters is 1. The summed E-state index contributed by atoms with van der Waals surface area (Å²) in [6, 6.07) is 8.30. The fourth-order valence-corrected chi connectivity index (χ4v) is 3.29. The molecule has 2 aromatic rings. The SMILES string of the molecule is CCN(CC)c1ccc(-c2nnc(S[C@H](C)C(=O)OC)n2C)cc1. The van der Waals surface area contributed by atoms with Crippen molar-refractivity contribution < 1.29 is 9.53 Å². The molecule has 6 nitrogen and oxygen atoms in total. The third-order valence-electron chi connectivity index (χ3n) is 3.90. The fraction of sp³-hybridized carbons (Fsp3) is 0.471. The minimum absolute atomic E-state index is 0.270. The second-order valence-electron chi connectivity index (χ2n) is 5.37. The molecule has 0 amide bonds. The number of carbonyl (C=O) groups is 1. The highest BCUT2D eigenvalue weighted by molar-refractivity contribution is 8.00. The van der Waals surface area contributed by atoms with Crippen LogP contribution in [0.15, 0.2) is 29.4 Å². The molecule has 0 N–H and O–H groups in total. The van der Waals surface area contributed by atoms with Crippen LogP contribution in [0.4, 0.5) is 5.69 Å². The summed E-state index contributed by atoms with van der Waals surface area (Å²) in [5, 5.41) is 8.83. The van der Waals surface area contributed by atoms with E-state index in [2.05, 4.69) is 53.2 Å². The van der Waals surface area contributed by atoms with E-state index in [1.54, 1.807) is 6.92 Å². The van der Waals surface area contributed by atoms with E-state index in [1.165, 1.54) is 24.6 Å². The quantitative estimate of drug-likeness (QED) is 0.566. The molecule has 0 radical (unpaired) electrons. The molecular weight excluding hydrogens is 324 g/mol. The number of aromatic nitrogens is 3. The van der Waals surface area contributed by atoms with Crippen LogP contribution in [0, 0.1) is 0 Å². The highest BCUT2D eigenvalue weighted by Crippen LogP contribution is 2.27.